The number of nitrogens with one attached hydrogen (secondary N) is 1. The number of hydrogen-bond acceptors (Lipinski definition) is 4. The molecule has 0 saturated carbocycles. The van der Waals surface area contributed by atoms with E-state index in [0.717, 1.165) is 16.7 Å². The van der Waals surface area contributed by atoms with Gasteiger partial charge < -0.3 is 15.0 Å². The Morgan fingerprint density at radius 3 is 2.75 bits per heavy atom. The molecular weight excluding hydrogens is 372 g/mol. The lowest BCUT2D eigenvalue weighted by atomic mass is 9.87. The van der Waals surface area contributed by atoms with Gasteiger partial charge in [0.1, 0.15) is 0 Å². The Kier molecular flexibility index (Phi) is 6.52. The number of nitrogens with zero attached hydrogens (tertiary/aromatic N) is 1. The number of likely N-dealkylation sites (N-methyl/N-ethyl adjacent to an activating group) is 1. The number of hydrogen-bond donors (Lipinski definition) is 1. The van der Waals surface area contributed by atoms with Crippen LogP contribution in [0.4, 0.5) is 0 Å². The summed E-state index contributed by atoms with van der Waals surface area (Å²) in [4.78, 5) is 27.5. The topological polar surface area (TPSA) is 58.6 Å². The number of carbonyl (C=O) groups excluding carboxylic acids is 2. The number of rotatable bonds is 6. The lowest BCUT2D eigenvalue weighted by Gasteiger charge is -2.42. The van der Waals surface area contributed by atoms with E-state index in [4.69, 9.17) is 4.74 Å². The Bertz CT molecular complexity index is 819. The summed E-state index contributed by atoms with van der Waals surface area (Å²) in [6.45, 7) is 7.34. The minimum absolute atomic E-state index is 0.0584. The van der Waals surface area contributed by atoms with Crippen molar-refractivity contribution in [1.29, 1.82) is 0 Å². The molecule has 0 aliphatic carbocycles. The fourth-order valence-corrected chi connectivity index (χ4v) is 4.32. The third kappa shape index (κ3) is 4.28. The van der Waals surface area contributed by atoms with Gasteiger partial charge in [-0.25, -0.2) is 0 Å². The molecule has 1 saturated heterocycles. The Balaban J connectivity index is 1.96. The quantitative estimate of drug-likeness (QED) is 0.809. The standard InChI is InChI=1S/C22H28N2O3S/c1-4-23-21(26)22(15-24(10-11-27-22)20(25)16(2)3)13-17-7-5-6-8-19(17)18-9-12-28-14-18/h5-9,12,14,16H,4,10-11,13,15H2,1-3H3,(H,23,26). The van der Waals surface area contributed by atoms with Crippen molar-refractivity contribution >= 4 is 23.2 Å². The van der Waals surface area contributed by atoms with Gasteiger partial charge in [-0.05, 0) is 40.4 Å². The maximum atomic E-state index is 13.1. The zero-order valence-electron chi connectivity index (χ0n) is 16.7. The van der Waals surface area contributed by atoms with E-state index < -0.39 is 5.60 Å². The molecule has 1 aromatic carbocycles. The zero-order valence-corrected chi connectivity index (χ0v) is 17.6. The summed E-state index contributed by atoms with van der Waals surface area (Å²) in [6.07, 6.45) is 0.423. The summed E-state index contributed by atoms with van der Waals surface area (Å²) in [7, 11) is 0. The van der Waals surface area contributed by atoms with E-state index in [-0.39, 0.29) is 24.3 Å². The molecule has 6 heteroatoms. The zero-order chi connectivity index (χ0) is 20.1. The highest BCUT2D eigenvalue weighted by Crippen LogP contribution is 2.31. The molecule has 3 rings (SSSR count). The second kappa shape index (κ2) is 8.88. The molecule has 2 aromatic rings. The lowest BCUT2D eigenvalue weighted by Crippen LogP contribution is -2.62. The molecule has 2 heterocycles. The first kappa shape index (κ1) is 20.6. The van der Waals surface area contributed by atoms with E-state index in [1.807, 2.05) is 44.4 Å². The van der Waals surface area contributed by atoms with E-state index in [1.54, 1.807) is 16.2 Å². The third-order valence-corrected chi connectivity index (χ3v) is 5.75. The van der Waals surface area contributed by atoms with Crippen molar-refractivity contribution in [1.82, 2.24) is 10.2 Å². The molecule has 0 bridgehead atoms. The van der Waals surface area contributed by atoms with Gasteiger partial charge in [0.25, 0.3) is 5.91 Å². The molecule has 1 unspecified atom stereocenters. The number of amides is 2. The van der Waals surface area contributed by atoms with E-state index in [0.29, 0.717) is 26.1 Å². The predicted molar refractivity (Wildman–Crippen MR) is 112 cm³/mol. The van der Waals surface area contributed by atoms with E-state index in [2.05, 4.69) is 22.8 Å². The highest BCUT2D eigenvalue weighted by molar-refractivity contribution is 7.08. The van der Waals surface area contributed by atoms with Gasteiger partial charge >= 0.3 is 0 Å². The maximum absolute atomic E-state index is 13.1. The second-order valence-corrected chi connectivity index (χ2v) is 8.24. The normalized spacial score (nSPS) is 19.6. The van der Waals surface area contributed by atoms with Crippen LogP contribution in [-0.2, 0) is 20.7 Å². The molecular formula is C22H28N2O3S. The van der Waals surface area contributed by atoms with Crippen molar-refractivity contribution in [2.24, 2.45) is 5.92 Å². The van der Waals surface area contributed by atoms with E-state index in [1.165, 1.54) is 0 Å². The summed E-state index contributed by atoms with van der Waals surface area (Å²) in [5.74, 6) is -0.206. The molecule has 1 aromatic heterocycles. The number of ether oxygens (including phenoxy) is 1. The monoisotopic (exact) mass is 400 g/mol. The molecule has 0 spiro atoms. The third-order valence-electron chi connectivity index (χ3n) is 5.07. The van der Waals surface area contributed by atoms with Crippen LogP contribution in [0.3, 0.4) is 0 Å². The highest BCUT2D eigenvalue weighted by atomic mass is 32.1. The molecule has 5 nitrogen and oxygen atoms in total. The van der Waals surface area contributed by atoms with Crippen molar-refractivity contribution in [2.75, 3.05) is 26.2 Å². The van der Waals surface area contributed by atoms with Gasteiger partial charge in [0.05, 0.1) is 13.2 Å². The van der Waals surface area contributed by atoms with Crippen molar-refractivity contribution < 1.29 is 14.3 Å². The van der Waals surface area contributed by atoms with E-state index >= 15 is 0 Å². The summed E-state index contributed by atoms with van der Waals surface area (Å²) >= 11 is 1.65. The Labute approximate surface area is 170 Å². The average Bonchev–Trinajstić information content (AvgIpc) is 3.22. The van der Waals surface area contributed by atoms with Gasteiger partial charge in [-0.1, -0.05) is 38.1 Å². The van der Waals surface area contributed by atoms with Crippen molar-refractivity contribution in [3.05, 3.63) is 46.7 Å². The van der Waals surface area contributed by atoms with Gasteiger partial charge in [-0.15, -0.1) is 0 Å². The fourth-order valence-electron chi connectivity index (χ4n) is 3.67. The Morgan fingerprint density at radius 2 is 2.07 bits per heavy atom. The van der Waals surface area contributed by atoms with Crippen LogP contribution in [0.1, 0.15) is 26.3 Å². The van der Waals surface area contributed by atoms with Crippen molar-refractivity contribution in [3.63, 3.8) is 0 Å². The van der Waals surface area contributed by atoms with Gasteiger partial charge in [0, 0.05) is 25.4 Å². The van der Waals surface area contributed by atoms with Crippen LogP contribution in [0.15, 0.2) is 41.1 Å². The van der Waals surface area contributed by atoms with Gasteiger partial charge in [-0.3, -0.25) is 9.59 Å². The van der Waals surface area contributed by atoms with Crippen molar-refractivity contribution in [3.8, 4) is 11.1 Å². The molecule has 1 atom stereocenters. The first-order chi connectivity index (χ1) is 13.5. The van der Waals surface area contributed by atoms with Crippen LogP contribution in [0.25, 0.3) is 11.1 Å². The minimum Gasteiger partial charge on any atom is -0.361 e. The highest BCUT2D eigenvalue weighted by Gasteiger charge is 2.45. The van der Waals surface area contributed by atoms with Crippen LogP contribution in [0.5, 0.6) is 0 Å². The van der Waals surface area contributed by atoms with Crippen LogP contribution < -0.4 is 5.32 Å². The maximum Gasteiger partial charge on any atom is 0.254 e. The molecule has 1 fully saturated rings. The van der Waals surface area contributed by atoms with Gasteiger partial charge in [0.15, 0.2) is 5.60 Å². The van der Waals surface area contributed by atoms with Gasteiger partial charge in [0.2, 0.25) is 5.91 Å². The van der Waals surface area contributed by atoms with Crippen molar-refractivity contribution in [2.45, 2.75) is 32.8 Å². The molecule has 150 valence electrons. The Hall–Kier alpha value is -2.18. The largest absolute Gasteiger partial charge is 0.361 e. The van der Waals surface area contributed by atoms with E-state index in [9.17, 15) is 9.59 Å². The molecule has 2 amide bonds. The summed E-state index contributed by atoms with van der Waals surface area (Å²) < 4.78 is 6.11. The number of carbonyl (C=O) groups is 2. The SMILES string of the molecule is CCNC(=O)C1(Cc2ccccc2-c2ccsc2)CN(C(=O)C(C)C)CCO1. The number of thiophene rings is 1. The molecule has 1 N–H and O–H groups in total. The van der Waals surface area contributed by atoms with Gasteiger partial charge in [-0.2, -0.15) is 11.3 Å². The predicted octanol–water partition coefficient (Wildman–Crippen LogP) is 3.35. The summed E-state index contributed by atoms with van der Waals surface area (Å²) in [5.41, 5.74) is 2.21. The smallest absolute Gasteiger partial charge is 0.254 e. The number of benzene rings is 1. The second-order valence-electron chi connectivity index (χ2n) is 7.46. The molecule has 0 radical (unpaired) electrons. The van der Waals surface area contributed by atoms with Crippen LogP contribution >= 0.6 is 11.3 Å². The lowest BCUT2D eigenvalue weighted by molar-refractivity contribution is -0.167. The molecule has 28 heavy (non-hydrogen) atoms. The molecule has 1 aliphatic heterocycles. The summed E-state index contributed by atoms with van der Waals surface area (Å²) in [5, 5.41) is 7.07. The van der Waals surface area contributed by atoms with Crippen LogP contribution in [0.2, 0.25) is 0 Å². The first-order valence-electron chi connectivity index (χ1n) is 9.78. The first-order valence-corrected chi connectivity index (χ1v) is 10.7. The number of morpholine rings is 1. The Morgan fingerprint density at radius 1 is 1.29 bits per heavy atom. The van der Waals surface area contributed by atoms with Crippen LogP contribution in [0, 0.1) is 5.92 Å². The summed E-state index contributed by atoms with van der Waals surface area (Å²) in [6, 6.07) is 10.2. The average molecular weight is 401 g/mol. The molecule has 1 aliphatic rings. The fraction of sp³-hybridized carbons (Fsp3) is 0.455. The minimum atomic E-state index is -1.08. The van der Waals surface area contributed by atoms with Crippen LogP contribution in [-0.4, -0.2) is 48.6 Å².